The second kappa shape index (κ2) is 6.46. The minimum absolute atomic E-state index is 0.00210. The summed E-state index contributed by atoms with van der Waals surface area (Å²) in [6.45, 7) is 1.84. The van der Waals surface area contributed by atoms with Crippen LogP contribution in [0.25, 0.3) is 11.3 Å². The number of halogens is 1. The topological polar surface area (TPSA) is 103 Å². The van der Waals surface area contributed by atoms with Gasteiger partial charge in [0, 0.05) is 18.2 Å². The SMILES string of the molecule is Cc1c(CNS(=O)(=O)c2c(Br)nnn2C)noc1-c1ccccc1. The van der Waals surface area contributed by atoms with E-state index in [9.17, 15) is 8.42 Å². The Bertz CT molecular complexity index is 946. The van der Waals surface area contributed by atoms with Gasteiger partial charge in [-0.2, -0.15) is 0 Å². The van der Waals surface area contributed by atoms with E-state index in [-0.39, 0.29) is 16.2 Å². The standard InChI is InChI=1S/C14H14BrN5O3S/c1-9-11(18-23-12(9)10-6-4-3-5-7-10)8-16-24(21,22)14-13(15)17-19-20(14)2/h3-7,16H,8H2,1-2H3. The summed E-state index contributed by atoms with van der Waals surface area (Å²) in [5.74, 6) is 0.619. The molecule has 0 amide bonds. The molecule has 8 nitrogen and oxygen atoms in total. The fourth-order valence-corrected chi connectivity index (χ4v) is 4.31. The van der Waals surface area contributed by atoms with E-state index in [4.69, 9.17) is 4.52 Å². The fourth-order valence-electron chi connectivity index (χ4n) is 2.23. The summed E-state index contributed by atoms with van der Waals surface area (Å²) in [4.78, 5) is 0. The van der Waals surface area contributed by atoms with Crippen molar-refractivity contribution in [3.63, 3.8) is 0 Å². The van der Waals surface area contributed by atoms with Crippen molar-refractivity contribution in [1.29, 1.82) is 0 Å². The summed E-state index contributed by atoms with van der Waals surface area (Å²) >= 11 is 3.08. The number of benzene rings is 1. The summed E-state index contributed by atoms with van der Waals surface area (Å²) in [5, 5.41) is 11.3. The van der Waals surface area contributed by atoms with Crippen LogP contribution in [0, 0.1) is 6.92 Å². The van der Waals surface area contributed by atoms with Crippen molar-refractivity contribution in [1.82, 2.24) is 24.9 Å². The third kappa shape index (κ3) is 3.12. The van der Waals surface area contributed by atoms with E-state index in [0.717, 1.165) is 11.1 Å². The van der Waals surface area contributed by atoms with Gasteiger partial charge < -0.3 is 4.52 Å². The van der Waals surface area contributed by atoms with Crippen molar-refractivity contribution in [2.75, 3.05) is 0 Å². The fraction of sp³-hybridized carbons (Fsp3) is 0.214. The molecule has 10 heteroatoms. The number of rotatable bonds is 5. The molecule has 0 unspecified atom stereocenters. The molecule has 2 heterocycles. The zero-order valence-electron chi connectivity index (χ0n) is 12.9. The number of nitrogens with zero attached hydrogens (tertiary/aromatic N) is 4. The van der Waals surface area contributed by atoms with Crippen LogP contribution in [-0.2, 0) is 23.6 Å². The first-order valence-electron chi connectivity index (χ1n) is 6.95. The van der Waals surface area contributed by atoms with Gasteiger partial charge in [-0.25, -0.2) is 17.8 Å². The molecule has 0 aliphatic heterocycles. The van der Waals surface area contributed by atoms with Crippen LogP contribution >= 0.6 is 15.9 Å². The number of nitrogens with one attached hydrogen (secondary N) is 1. The molecule has 0 radical (unpaired) electrons. The Morgan fingerprint density at radius 3 is 2.62 bits per heavy atom. The van der Waals surface area contributed by atoms with Crippen molar-refractivity contribution in [3.05, 3.63) is 46.2 Å². The maximum atomic E-state index is 12.4. The number of hydrogen-bond donors (Lipinski definition) is 1. The first-order valence-corrected chi connectivity index (χ1v) is 9.23. The molecule has 1 aromatic carbocycles. The molecule has 0 aliphatic carbocycles. The van der Waals surface area contributed by atoms with Crippen LogP contribution < -0.4 is 4.72 Å². The molecule has 3 aromatic rings. The molecule has 0 atom stereocenters. The first kappa shape index (κ1) is 16.8. The quantitative estimate of drug-likeness (QED) is 0.688. The van der Waals surface area contributed by atoms with Crippen molar-refractivity contribution >= 4 is 26.0 Å². The van der Waals surface area contributed by atoms with E-state index in [0.29, 0.717) is 11.5 Å². The van der Waals surface area contributed by atoms with Crippen LogP contribution in [0.5, 0.6) is 0 Å². The second-order valence-electron chi connectivity index (χ2n) is 5.08. The molecule has 24 heavy (non-hydrogen) atoms. The Kier molecular flexibility index (Phi) is 4.52. The lowest BCUT2D eigenvalue weighted by Crippen LogP contribution is -2.26. The number of aromatic nitrogens is 4. The van der Waals surface area contributed by atoms with Gasteiger partial charge >= 0.3 is 0 Å². The Balaban J connectivity index is 1.82. The average molecular weight is 412 g/mol. The molecule has 0 spiro atoms. The van der Waals surface area contributed by atoms with Gasteiger partial charge in [-0.1, -0.05) is 40.7 Å². The summed E-state index contributed by atoms with van der Waals surface area (Å²) in [6, 6.07) is 9.50. The van der Waals surface area contributed by atoms with Gasteiger partial charge in [0.25, 0.3) is 10.0 Å². The van der Waals surface area contributed by atoms with Crippen LogP contribution in [-0.4, -0.2) is 28.6 Å². The van der Waals surface area contributed by atoms with Gasteiger partial charge in [-0.05, 0) is 22.9 Å². The first-order chi connectivity index (χ1) is 11.4. The zero-order valence-corrected chi connectivity index (χ0v) is 15.3. The lowest BCUT2D eigenvalue weighted by molar-refractivity contribution is 0.422. The molecule has 1 N–H and O–H groups in total. The number of sulfonamides is 1. The van der Waals surface area contributed by atoms with Gasteiger partial charge in [0.2, 0.25) is 5.03 Å². The summed E-state index contributed by atoms with van der Waals surface area (Å²) in [7, 11) is -2.29. The van der Waals surface area contributed by atoms with E-state index in [2.05, 4.69) is 36.1 Å². The van der Waals surface area contributed by atoms with Gasteiger partial charge in [0.1, 0.15) is 5.69 Å². The predicted octanol–water partition coefficient (Wildman–Crippen LogP) is 2.02. The molecular formula is C14H14BrN5O3S. The van der Waals surface area contributed by atoms with Crippen molar-refractivity contribution in [2.45, 2.75) is 18.5 Å². The van der Waals surface area contributed by atoms with Gasteiger partial charge in [0.05, 0.1) is 6.54 Å². The summed E-state index contributed by atoms with van der Waals surface area (Å²) in [5.41, 5.74) is 2.19. The number of hydrogen-bond acceptors (Lipinski definition) is 6. The molecule has 0 bridgehead atoms. The van der Waals surface area contributed by atoms with Gasteiger partial charge in [-0.3, -0.25) is 0 Å². The van der Waals surface area contributed by atoms with Crippen molar-refractivity contribution in [2.24, 2.45) is 7.05 Å². The third-order valence-corrected chi connectivity index (χ3v) is 5.77. The maximum absolute atomic E-state index is 12.4. The Morgan fingerprint density at radius 1 is 1.29 bits per heavy atom. The lowest BCUT2D eigenvalue weighted by atomic mass is 10.1. The molecule has 0 saturated carbocycles. The minimum Gasteiger partial charge on any atom is -0.356 e. The van der Waals surface area contributed by atoms with E-state index < -0.39 is 10.0 Å². The zero-order chi connectivity index (χ0) is 17.3. The van der Waals surface area contributed by atoms with Crippen LogP contribution in [0.1, 0.15) is 11.3 Å². The van der Waals surface area contributed by atoms with E-state index >= 15 is 0 Å². The van der Waals surface area contributed by atoms with E-state index in [1.807, 2.05) is 37.3 Å². The van der Waals surface area contributed by atoms with E-state index in [1.165, 1.54) is 11.7 Å². The normalized spacial score (nSPS) is 11.8. The molecular weight excluding hydrogens is 398 g/mol. The van der Waals surface area contributed by atoms with Crippen molar-refractivity contribution < 1.29 is 12.9 Å². The van der Waals surface area contributed by atoms with E-state index in [1.54, 1.807) is 0 Å². The van der Waals surface area contributed by atoms with Crippen molar-refractivity contribution in [3.8, 4) is 11.3 Å². The second-order valence-corrected chi connectivity index (χ2v) is 7.52. The monoisotopic (exact) mass is 411 g/mol. The molecule has 3 rings (SSSR count). The Morgan fingerprint density at radius 2 is 2.00 bits per heavy atom. The maximum Gasteiger partial charge on any atom is 0.260 e. The highest BCUT2D eigenvalue weighted by atomic mass is 79.9. The highest BCUT2D eigenvalue weighted by Crippen LogP contribution is 2.25. The summed E-state index contributed by atoms with van der Waals surface area (Å²) in [6.07, 6.45) is 0. The molecule has 126 valence electrons. The third-order valence-electron chi connectivity index (χ3n) is 3.48. The molecule has 2 aromatic heterocycles. The van der Waals surface area contributed by atoms with Gasteiger partial charge in [-0.15, -0.1) is 5.10 Å². The smallest absolute Gasteiger partial charge is 0.260 e. The summed E-state index contributed by atoms with van der Waals surface area (Å²) < 4.78 is 34.0. The molecule has 0 saturated heterocycles. The molecule has 0 aliphatic rings. The number of aryl methyl sites for hydroxylation is 1. The minimum atomic E-state index is -3.79. The Labute approximate surface area is 147 Å². The van der Waals surface area contributed by atoms with Crippen LogP contribution in [0.15, 0.2) is 44.5 Å². The van der Waals surface area contributed by atoms with Crippen LogP contribution in [0.4, 0.5) is 0 Å². The average Bonchev–Trinajstić information content (AvgIpc) is 3.09. The van der Waals surface area contributed by atoms with Crippen LogP contribution in [0.2, 0.25) is 0 Å². The molecule has 0 fully saturated rings. The Hall–Kier alpha value is -2.04. The predicted molar refractivity (Wildman–Crippen MR) is 89.4 cm³/mol. The van der Waals surface area contributed by atoms with Crippen LogP contribution in [0.3, 0.4) is 0 Å². The lowest BCUT2D eigenvalue weighted by Gasteiger charge is -2.05. The highest BCUT2D eigenvalue weighted by Gasteiger charge is 2.24. The highest BCUT2D eigenvalue weighted by molar-refractivity contribution is 9.10. The largest absolute Gasteiger partial charge is 0.356 e. The van der Waals surface area contributed by atoms with Gasteiger partial charge in [0.15, 0.2) is 10.4 Å².